The molecular weight excluding hydrogens is 639 g/mol. The number of methoxy groups -OCH3 is 2. The van der Waals surface area contributed by atoms with E-state index in [1.807, 2.05) is 28.7 Å². The maximum Gasteiger partial charge on any atom is 0.341 e. The largest absolute Gasteiger partial charge is 0.497 e. The van der Waals surface area contributed by atoms with Crippen molar-refractivity contribution in [1.82, 2.24) is 4.57 Å². The van der Waals surface area contributed by atoms with Crippen molar-refractivity contribution in [3.05, 3.63) is 82.1 Å². The standard InChI is InChI=1S/C27H25IN2O8S/c1-5-37-26(34)22-14(2)29-27-30(23(22)16-7-6-8-17(12-16)35-3)25(33)20(39-27)11-15-9-18(28)24(19(10-15)36-4)38-13-21(31)32/h6-12,23H,5,13H2,1-4H3,(H,31,32)/b20-11-/t23-/m1/s1. The van der Waals surface area contributed by atoms with Crippen molar-refractivity contribution >= 4 is 51.9 Å². The number of halogens is 1. The first kappa shape index (κ1) is 28.4. The first-order valence-corrected chi connectivity index (χ1v) is 13.6. The Kier molecular flexibility index (Phi) is 8.75. The topological polar surface area (TPSA) is 126 Å². The SMILES string of the molecule is CCOC(=O)C1=C(C)N=c2s/c(=C\c3cc(I)c(OCC(=O)O)c(OC)c3)c(=O)n2[C@@H]1c1cccc(OC)c1. The fourth-order valence-electron chi connectivity index (χ4n) is 4.17. The highest BCUT2D eigenvalue weighted by Gasteiger charge is 2.33. The summed E-state index contributed by atoms with van der Waals surface area (Å²) in [5.41, 5.74) is 1.73. The van der Waals surface area contributed by atoms with Gasteiger partial charge in [0.05, 0.1) is 46.2 Å². The Bertz CT molecular complexity index is 1660. The number of thiazole rings is 1. The number of nitrogens with zero attached hydrogens (tertiary/aromatic N) is 2. The quantitative estimate of drug-likeness (QED) is 0.274. The van der Waals surface area contributed by atoms with Crippen LogP contribution in [0, 0.1) is 3.57 Å². The molecule has 1 N–H and O–H groups in total. The van der Waals surface area contributed by atoms with Gasteiger partial charge in [-0.2, -0.15) is 0 Å². The van der Waals surface area contributed by atoms with Crippen LogP contribution >= 0.6 is 33.9 Å². The summed E-state index contributed by atoms with van der Waals surface area (Å²) in [5, 5.41) is 8.97. The van der Waals surface area contributed by atoms with Crippen molar-refractivity contribution in [1.29, 1.82) is 0 Å². The highest BCUT2D eigenvalue weighted by atomic mass is 127. The first-order chi connectivity index (χ1) is 18.7. The van der Waals surface area contributed by atoms with E-state index in [-0.39, 0.29) is 17.7 Å². The predicted molar refractivity (Wildman–Crippen MR) is 152 cm³/mol. The lowest BCUT2D eigenvalue weighted by molar-refractivity contribution is -0.140. The summed E-state index contributed by atoms with van der Waals surface area (Å²) >= 11 is 3.21. The summed E-state index contributed by atoms with van der Waals surface area (Å²) in [6.45, 7) is 3.10. The van der Waals surface area contributed by atoms with E-state index in [1.165, 1.54) is 23.0 Å². The second-order valence-corrected chi connectivity index (χ2v) is 10.5. The van der Waals surface area contributed by atoms with Crippen LogP contribution in [0.15, 0.2) is 57.5 Å². The predicted octanol–water partition coefficient (Wildman–Crippen LogP) is 2.88. The molecule has 0 bridgehead atoms. The zero-order chi connectivity index (χ0) is 28.3. The van der Waals surface area contributed by atoms with Gasteiger partial charge in [-0.3, -0.25) is 9.36 Å². The van der Waals surface area contributed by atoms with Crippen LogP contribution in [0.25, 0.3) is 6.08 Å². The van der Waals surface area contributed by atoms with Gasteiger partial charge in [-0.25, -0.2) is 14.6 Å². The van der Waals surface area contributed by atoms with Gasteiger partial charge in [0.25, 0.3) is 5.56 Å². The van der Waals surface area contributed by atoms with Crippen LogP contribution in [0.4, 0.5) is 0 Å². The molecule has 0 fully saturated rings. The molecule has 1 aliphatic rings. The molecule has 1 atom stereocenters. The molecule has 204 valence electrons. The molecule has 3 aromatic rings. The highest BCUT2D eigenvalue weighted by Crippen LogP contribution is 2.35. The van der Waals surface area contributed by atoms with E-state index in [0.717, 1.165) is 0 Å². The number of hydrogen-bond acceptors (Lipinski definition) is 9. The lowest BCUT2D eigenvalue weighted by Gasteiger charge is -2.25. The second kappa shape index (κ2) is 12.0. The van der Waals surface area contributed by atoms with Crippen LogP contribution in [0.1, 0.15) is 31.0 Å². The number of hydrogen-bond donors (Lipinski definition) is 1. The molecule has 0 spiro atoms. The summed E-state index contributed by atoms with van der Waals surface area (Å²) in [6, 6.07) is 9.84. The third-order valence-corrected chi connectivity index (χ3v) is 7.60. The number of benzene rings is 2. The van der Waals surface area contributed by atoms with Crippen LogP contribution in [0.5, 0.6) is 17.2 Å². The van der Waals surface area contributed by atoms with Gasteiger partial charge in [0.15, 0.2) is 22.9 Å². The second-order valence-electron chi connectivity index (χ2n) is 8.30. The van der Waals surface area contributed by atoms with Gasteiger partial charge in [-0.15, -0.1) is 0 Å². The number of esters is 1. The first-order valence-electron chi connectivity index (χ1n) is 11.7. The van der Waals surface area contributed by atoms with Crippen molar-refractivity contribution in [2.75, 3.05) is 27.4 Å². The number of carbonyl (C=O) groups is 2. The van der Waals surface area contributed by atoms with Crippen LogP contribution < -0.4 is 29.1 Å². The molecule has 0 unspecified atom stereocenters. The summed E-state index contributed by atoms with van der Waals surface area (Å²) in [6.07, 6.45) is 1.70. The van der Waals surface area contributed by atoms with Crippen molar-refractivity contribution in [2.45, 2.75) is 19.9 Å². The number of ether oxygens (including phenoxy) is 4. The lowest BCUT2D eigenvalue weighted by Crippen LogP contribution is -2.39. The van der Waals surface area contributed by atoms with Gasteiger partial charge >= 0.3 is 11.9 Å². The summed E-state index contributed by atoms with van der Waals surface area (Å²) in [5.74, 6) is -0.443. The van der Waals surface area contributed by atoms with Crippen molar-refractivity contribution < 1.29 is 33.6 Å². The number of carboxylic acid groups (broad SMARTS) is 1. The molecule has 39 heavy (non-hydrogen) atoms. The average molecular weight is 664 g/mol. The minimum atomic E-state index is -1.11. The Hall–Kier alpha value is -3.65. The molecule has 12 heteroatoms. The van der Waals surface area contributed by atoms with Gasteiger partial charge in [-0.1, -0.05) is 23.5 Å². The van der Waals surface area contributed by atoms with Crippen LogP contribution in [-0.2, 0) is 14.3 Å². The molecule has 1 aliphatic heterocycles. The molecule has 0 saturated carbocycles. The molecule has 1 aromatic heterocycles. The van der Waals surface area contributed by atoms with Crippen molar-refractivity contribution in [3.8, 4) is 17.2 Å². The zero-order valence-corrected chi connectivity index (χ0v) is 24.5. The lowest BCUT2D eigenvalue weighted by atomic mass is 9.95. The maximum absolute atomic E-state index is 13.8. The zero-order valence-electron chi connectivity index (χ0n) is 21.5. The van der Waals surface area contributed by atoms with E-state index >= 15 is 0 Å². The van der Waals surface area contributed by atoms with Crippen LogP contribution in [0.2, 0.25) is 0 Å². The smallest absolute Gasteiger partial charge is 0.341 e. The third kappa shape index (κ3) is 5.86. The Morgan fingerprint density at radius 1 is 1.21 bits per heavy atom. The molecule has 10 nitrogen and oxygen atoms in total. The van der Waals surface area contributed by atoms with Gasteiger partial charge in [0.1, 0.15) is 5.75 Å². The van der Waals surface area contributed by atoms with Crippen LogP contribution in [-0.4, -0.2) is 49.0 Å². The van der Waals surface area contributed by atoms with E-state index in [9.17, 15) is 14.4 Å². The normalized spacial score (nSPS) is 14.9. The fourth-order valence-corrected chi connectivity index (χ4v) is 5.99. The fraction of sp³-hybridized carbons (Fsp3) is 0.259. The van der Waals surface area contributed by atoms with E-state index in [2.05, 4.69) is 4.99 Å². The molecule has 0 saturated heterocycles. The Morgan fingerprint density at radius 3 is 2.64 bits per heavy atom. The van der Waals surface area contributed by atoms with Crippen molar-refractivity contribution in [3.63, 3.8) is 0 Å². The Labute approximate surface area is 240 Å². The van der Waals surface area contributed by atoms with Gasteiger partial charge in [0.2, 0.25) is 0 Å². The average Bonchev–Trinajstić information content (AvgIpc) is 3.20. The van der Waals surface area contributed by atoms with E-state index in [1.54, 1.807) is 57.4 Å². The molecule has 0 aliphatic carbocycles. The summed E-state index contributed by atoms with van der Waals surface area (Å²) < 4.78 is 24.0. The molecule has 0 radical (unpaired) electrons. The third-order valence-electron chi connectivity index (χ3n) is 5.82. The number of rotatable bonds is 9. The molecule has 4 rings (SSSR count). The van der Waals surface area contributed by atoms with E-state index in [4.69, 9.17) is 24.1 Å². The number of aromatic nitrogens is 1. The van der Waals surface area contributed by atoms with Gasteiger partial charge < -0.3 is 24.1 Å². The monoisotopic (exact) mass is 664 g/mol. The molecular formula is C27H25IN2O8S. The molecule has 2 aromatic carbocycles. The van der Waals surface area contributed by atoms with E-state index < -0.39 is 24.6 Å². The number of allylic oxidation sites excluding steroid dienone is 1. The Morgan fingerprint density at radius 2 is 1.97 bits per heavy atom. The minimum absolute atomic E-state index is 0.178. The highest BCUT2D eigenvalue weighted by molar-refractivity contribution is 14.1. The molecule has 2 heterocycles. The number of carbonyl (C=O) groups excluding carboxylic acids is 1. The number of carboxylic acids is 1. The van der Waals surface area contributed by atoms with Gasteiger partial charge in [0, 0.05) is 0 Å². The van der Waals surface area contributed by atoms with Gasteiger partial charge in [-0.05, 0) is 77.9 Å². The number of fused-ring (bicyclic) bond motifs is 1. The Balaban J connectivity index is 1.89. The van der Waals surface area contributed by atoms with Crippen molar-refractivity contribution in [2.24, 2.45) is 4.99 Å². The maximum atomic E-state index is 13.8. The number of aliphatic carboxylic acids is 1. The molecule has 0 amide bonds. The summed E-state index contributed by atoms with van der Waals surface area (Å²) in [7, 11) is 3.00. The van der Waals surface area contributed by atoms with Crippen LogP contribution in [0.3, 0.4) is 0 Å². The minimum Gasteiger partial charge on any atom is -0.497 e. The van der Waals surface area contributed by atoms with E-state index in [0.29, 0.717) is 47.0 Å². The summed E-state index contributed by atoms with van der Waals surface area (Å²) in [4.78, 5) is 42.9.